The van der Waals surface area contributed by atoms with Crippen molar-refractivity contribution < 1.29 is 4.79 Å². The van der Waals surface area contributed by atoms with E-state index in [1.54, 1.807) is 30.3 Å². The molecule has 0 aliphatic heterocycles. The molecule has 2 aromatic rings. The number of amides is 1. The normalized spacial score (nSPS) is 10.7. The second-order valence-corrected chi connectivity index (χ2v) is 5.34. The number of hydrogen-bond acceptors (Lipinski definition) is 4. The third-order valence-electron chi connectivity index (χ3n) is 2.55. The smallest absolute Gasteiger partial charge is 0.285 e. The van der Waals surface area contributed by atoms with Crippen molar-refractivity contribution in [3.05, 3.63) is 68.2 Å². The Hall–Kier alpha value is -2.18. The predicted octanol–water partition coefficient (Wildman–Crippen LogP) is 2.51. The Morgan fingerprint density at radius 3 is 2.81 bits per heavy atom. The maximum Gasteiger partial charge on any atom is 0.309 e. The highest BCUT2D eigenvalue weighted by atomic mass is 35.5. The van der Waals surface area contributed by atoms with Gasteiger partial charge in [0.25, 0.3) is 5.91 Å². The van der Waals surface area contributed by atoms with Gasteiger partial charge in [-0.15, -0.1) is 6.58 Å². The first-order valence-electron chi connectivity index (χ1n) is 6.02. The molecule has 5 nitrogen and oxygen atoms in total. The Labute approximate surface area is 130 Å². The molecule has 0 aliphatic rings. The minimum absolute atomic E-state index is 0.198. The number of carbonyl (C=O) groups is 1. The Morgan fingerprint density at radius 1 is 1.43 bits per heavy atom. The minimum atomic E-state index is -0.333. The number of rotatable bonds is 5. The van der Waals surface area contributed by atoms with Crippen LogP contribution >= 0.6 is 22.9 Å². The number of nitrogens with zero attached hydrogens (tertiary/aromatic N) is 2. The number of nitrogens with one attached hydrogen (secondary N) is 1. The summed E-state index contributed by atoms with van der Waals surface area (Å²) in [6.07, 6.45) is 2.94. The van der Waals surface area contributed by atoms with Crippen LogP contribution in [0.2, 0.25) is 5.15 Å². The second kappa shape index (κ2) is 7.01. The summed E-state index contributed by atoms with van der Waals surface area (Å²) in [6.45, 7) is 3.89. The summed E-state index contributed by atoms with van der Waals surface area (Å²) in [5, 5.41) is 4.10. The molecule has 1 heterocycles. The van der Waals surface area contributed by atoms with E-state index in [9.17, 15) is 9.59 Å². The molecular formula is C14H12ClN3O2S. The van der Waals surface area contributed by atoms with E-state index in [1.807, 2.05) is 6.07 Å². The summed E-state index contributed by atoms with van der Waals surface area (Å²) in [5.74, 6) is -0.333. The second-order valence-electron chi connectivity index (χ2n) is 3.99. The van der Waals surface area contributed by atoms with Gasteiger partial charge < -0.3 is 0 Å². The van der Waals surface area contributed by atoms with Crippen LogP contribution in [0.5, 0.6) is 0 Å². The lowest BCUT2D eigenvalue weighted by atomic mass is 10.2. The zero-order chi connectivity index (χ0) is 15.2. The Balaban J connectivity index is 2.09. The van der Waals surface area contributed by atoms with Crippen LogP contribution in [-0.4, -0.2) is 16.7 Å². The van der Waals surface area contributed by atoms with Gasteiger partial charge >= 0.3 is 4.87 Å². The number of benzene rings is 1. The fourth-order valence-electron chi connectivity index (χ4n) is 1.57. The Kier molecular flexibility index (Phi) is 5.08. The molecular weight excluding hydrogens is 310 g/mol. The fraction of sp³-hybridized carbons (Fsp3) is 0.0714. The van der Waals surface area contributed by atoms with Crippen molar-refractivity contribution in [2.24, 2.45) is 5.10 Å². The molecule has 108 valence electrons. The lowest BCUT2D eigenvalue weighted by Gasteiger charge is -1.99. The van der Waals surface area contributed by atoms with Gasteiger partial charge in [0.15, 0.2) is 0 Å². The highest BCUT2D eigenvalue weighted by Gasteiger charge is 2.10. The van der Waals surface area contributed by atoms with Crippen LogP contribution in [0.15, 0.2) is 52.9 Å². The summed E-state index contributed by atoms with van der Waals surface area (Å²) in [5.41, 5.74) is 2.88. The molecule has 21 heavy (non-hydrogen) atoms. The van der Waals surface area contributed by atoms with E-state index < -0.39 is 0 Å². The average Bonchev–Trinajstić information content (AvgIpc) is 2.76. The van der Waals surface area contributed by atoms with Crippen molar-refractivity contribution in [1.82, 2.24) is 9.99 Å². The summed E-state index contributed by atoms with van der Waals surface area (Å²) in [6, 6.07) is 8.69. The third kappa shape index (κ3) is 3.68. The van der Waals surface area contributed by atoms with Gasteiger partial charge in [-0.05, 0) is 12.1 Å². The molecule has 1 amide bonds. The quantitative estimate of drug-likeness (QED) is 0.522. The topological polar surface area (TPSA) is 63.5 Å². The van der Waals surface area contributed by atoms with E-state index in [-0.39, 0.29) is 15.9 Å². The van der Waals surface area contributed by atoms with Gasteiger partial charge in [0.1, 0.15) is 5.15 Å². The highest BCUT2D eigenvalue weighted by molar-refractivity contribution is 7.11. The van der Waals surface area contributed by atoms with Crippen molar-refractivity contribution in [2.75, 3.05) is 0 Å². The number of hydrogen-bond donors (Lipinski definition) is 1. The van der Waals surface area contributed by atoms with Gasteiger partial charge in [-0.25, -0.2) is 5.43 Å². The first kappa shape index (κ1) is 15.2. The lowest BCUT2D eigenvalue weighted by molar-refractivity contribution is 0.0955. The zero-order valence-corrected chi connectivity index (χ0v) is 12.5. The van der Waals surface area contributed by atoms with Crippen molar-refractivity contribution in [1.29, 1.82) is 0 Å². The van der Waals surface area contributed by atoms with E-state index in [2.05, 4.69) is 17.1 Å². The number of hydrazone groups is 1. The molecule has 7 heteroatoms. The molecule has 1 aromatic heterocycles. The van der Waals surface area contributed by atoms with Crippen LogP contribution < -0.4 is 10.3 Å². The number of aromatic nitrogens is 1. The monoisotopic (exact) mass is 321 g/mol. The van der Waals surface area contributed by atoms with Crippen molar-refractivity contribution >= 4 is 35.1 Å². The SMILES string of the molecule is C=CCn1c(Cl)c(/C=N\NC(=O)c2ccccc2)sc1=O. The first-order chi connectivity index (χ1) is 10.1. The number of carbonyl (C=O) groups excluding carboxylic acids is 1. The molecule has 0 saturated heterocycles. The van der Waals surface area contributed by atoms with Gasteiger partial charge in [0.2, 0.25) is 0 Å². The first-order valence-corrected chi connectivity index (χ1v) is 7.21. The minimum Gasteiger partial charge on any atom is -0.285 e. The molecule has 0 spiro atoms. The van der Waals surface area contributed by atoms with Crippen LogP contribution in [0.1, 0.15) is 15.2 Å². The Bertz CT molecular complexity index is 734. The molecule has 0 radical (unpaired) electrons. The largest absolute Gasteiger partial charge is 0.309 e. The van der Waals surface area contributed by atoms with Gasteiger partial charge in [-0.1, -0.05) is 47.2 Å². The summed E-state index contributed by atoms with van der Waals surface area (Å²) in [7, 11) is 0. The third-order valence-corrected chi connectivity index (χ3v) is 3.99. The molecule has 0 atom stereocenters. The summed E-state index contributed by atoms with van der Waals surface area (Å²) in [4.78, 5) is 23.7. The van der Waals surface area contributed by atoms with E-state index in [4.69, 9.17) is 11.6 Å². The molecule has 0 aliphatic carbocycles. The van der Waals surface area contributed by atoms with Crippen LogP contribution in [0.25, 0.3) is 0 Å². The maximum atomic E-state index is 11.8. The van der Waals surface area contributed by atoms with Crippen LogP contribution in [0, 0.1) is 0 Å². The molecule has 0 unspecified atom stereocenters. The van der Waals surface area contributed by atoms with Crippen LogP contribution in [0.4, 0.5) is 0 Å². The molecule has 0 bridgehead atoms. The summed E-state index contributed by atoms with van der Waals surface area (Å²) >= 11 is 7.02. The van der Waals surface area contributed by atoms with E-state index in [0.29, 0.717) is 17.0 Å². The highest BCUT2D eigenvalue weighted by Crippen LogP contribution is 2.16. The summed E-state index contributed by atoms with van der Waals surface area (Å²) < 4.78 is 1.37. The van der Waals surface area contributed by atoms with Gasteiger partial charge in [-0.2, -0.15) is 5.10 Å². The molecule has 2 rings (SSSR count). The van der Waals surface area contributed by atoms with Crippen molar-refractivity contribution in [2.45, 2.75) is 6.54 Å². The van der Waals surface area contributed by atoms with Crippen LogP contribution in [0.3, 0.4) is 0 Å². The van der Waals surface area contributed by atoms with Crippen molar-refractivity contribution in [3.63, 3.8) is 0 Å². The number of allylic oxidation sites excluding steroid dienone is 1. The predicted molar refractivity (Wildman–Crippen MR) is 85.3 cm³/mol. The fourth-order valence-corrected chi connectivity index (χ4v) is 2.70. The average molecular weight is 322 g/mol. The molecule has 1 aromatic carbocycles. The van der Waals surface area contributed by atoms with Gasteiger partial charge in [0.05, 0.1) is 11.1 Å². The van der Waals surface area contributed by atoms with E-state index in [0.717, 1.165) is 11.3 Å². The maximum absolute atomic E-state index is 11.8. The zero-order valence-electron chi connectivity index (χ0n) is 11.0. The Morgan fingerprint density at radius 2 is 2.14 bits per heavy atom. The standard InChI is InChI=1S/C14H12ClN3O2S/c1-2-8-18-12(15)11(21-14(18)20)9-16-17-13(19)10-6-4-3-5-7-10/h2-7,9H,1,8H2,(H,17,19)/b16-9-. The van der Waals surface area contributed by atoms with Crippen LogP contribution in [-0.2, 0) is 6.54 Å². The van der Waals surface area contributed by atoms with Gasteiger partial charge in [-0.3, -0.25) is 14.2 Å². The lowest BCUT2D eigenvalue weighted by Crippen LogP contribution is -2.17. The molecule has 0 saturated carbocycles. The van der Waals surface area contributed by atoms with Gasteiger partial charge in [0, 0.05) is 12.1 Å². The molecule has 1 N–H and O–H groups in total. The molecule has 0 fully saturated rings. The number of thiazole rings is 1. The van der Waals surface area contributed by atoms with E-state index in [1.165, 1.54) is 10.8 Å². The number of halogens is 1. The van der Waals surface area contributed by atoms with Crippen molar-refractivity contribution in [3.8, 4) is 0 Å². The van der Waals surface area contributed by atoms with E-state index >= 15 is 0 Å².